The average Bonchev–Trinajstić information content (AvgIpc) is 2.93. The molecule has 1 aromatic heterocycles. The Bertz CT molecular complexity index is 652. The summed E-state index contributed by atoms with van der Waals surface area (Å²) < 4.78 is 7.31. The predicted molar refractivity (Wildman–Crippen MR) is 90.6 cm³/mol. The Kier molecular flexibility index (Phi) is 5.08. The van der Waals surface area contributed by atoms with Gasteiger partial charge in [-0.1, -0.05) is 32.9 Å². The zero-order valence-electron chi connectivity index (χ0n) is 14.5. The molecule has 2 rings (SSSR count). The van der Waals surface area contributed by atoms with Crippen LogP contribution in [0.25, 0.3) is 0 Å². The topological polar surface area (TPSA) is 56.2 Å². The highest BCUT2D eigenvalue weighted by Gasteiger charge is 2.13. The SMILES string of the molecule is CC(C)NC(=O)c1ccn(COc2ccc(C(C)(C)C)cc2)n1. The molecule has 0 radical (unpaired) electrons. The Labute approximate surface area is 137 Å². The van der Waals surface area contributed by atoms with E-state index in [1.165, 1.54) is 5.56 Å². The van der Waals surface area contributed by atoms with E-state index in [-0.39, 0.29) is 24.1 Å². The minimum atomic E-state index is -0.173. The number of nitrogens with zero attached hydrogens (tertiary/aromatic N) is 2. The summed E-state index contributed by atoms with van der Waals surface area (Å²) in [5.41, 5.74) is 1.78. The van der Waals surface area contributed by atoms with Crippen LogP contribution >= 0.6 is 0 Å². The summed E-state index contributed by atoms with van der Waals surface area (Å²) >= 11 is 0. The Morgan fingerprint density at radius 1 is 1.22 bits per heavy atom. The summed E-state index contributed by atoms with van der Waals surface area (Å²) in [6, 6.07) is 9.82. The molecule has 0 spiro atoms. The third-order valence-electron chi connectivity index (χ3n) is 3.38. The van der Waals surface area contributed by atoms with E-state index in [2.05, 4.69) is 43.3 Å². The van der Waals surface area contributed by atoms with Crippen molar-refractivity contribution in [2.75, 3.05) is 0 Å². The molecule has 0 fully saturated rings. The molecule has 1 N–H and O–H groups in total. The minimum absolute atomic E-state index is 0.0882. The van der Waals surface area contributed by atoms with Crippen LogP contribution in [0.15, 0.2) is 36.5 Å². The van der Waals surface area contributed by atoms with Crippen LogP contribution < -0.4 is 10.1 Å². The van der Waals surface area contributed by atoms with Crippen LogP contribution in [0.5, 0.6) is 5.75 Å². The van der Waals surface area contributed by atoms with E-state index in [9.17, 15) is 4.79 Å². The Hall–Kier alpha value is -2.30. The summed E-state index contributed by atoms with van der Waals surface area (Å²) in [5.74, 6) is 0.606. The third kappa shape index (κ3) is 4.84. The molecule has 23 heavy (non-hydrogen) atoms. The fourth-order valence-electron chi connectivity index (χ4n) is 2.08. The standard InChI is InChI=1S/C18H25N3O2/c1-13(2)19-17(22)16-10-11-21(20-16)12-23-15-8-6-14(7-9-15)18(3,4)5/h6-11,13H,12H2,1-5H3,(H,19,22). The fourth-order valence-corrected chi connectivity index (χ4v) is 2.08. The maximum atomic E-state index is 11.8. The number of hydrogen-bond acceptors (Lipinski definition) is 3. The van der Waals surface area contributed by atoms with Gasteiger partial charge in [0, 0.05) is 12.2 Å². The number of nitrogens with one attached hydrogen (secondary N) is 1. The first-order chi connectivity index (χ1) is 10.8. The summed E-state index contributed by atoms with van der Waals surface area (Å²) in [6.07, 6.45) is 1.73. The van der Waals surface area contributed by atoms with Gasteiger partial charge in [0.25, 0.3) is 5.91 Å². The van der Waals surface area contributed by atoms with Gasteiger partial charge >= 0.3 is 0 Å². The first-order valence-corrected chi connectivity index (χ1v) is 7.83. The Balaban J connectivity index is 1.94. The highest BCUT2D eigenvalue weighted by Crippen LogP contribution is 2.24. The smallest absolute Gasteiger partial charge is 0.271 e. The quantitative estimate of drug-likeness (QED) is 0.920. The van der Waals surface area contributed by atoms with E-state index in [1.54, 1.807) is 16.9 Å². The highest BCUT2D eigenvalue weighted by atomic mass is 16.5. The van der Waals surface area contributed by atoms with Crippen molar-refractivity contribution in [2.24, 2.45) is 0 Å². The monoisotopic (exact) mass is 315 g/mol. The molecule has 0 atom stereocenters. The van der Waals surface area contributed by atoms with Crippen molar-refractivity contribution in [3.63, 3.8) is 0 Å². The zero-order chi connectivity index (χ0) is 17.0. The third-order valence-corrected chi connectivity index (χ3v) is 3.38. The van der Waals surface area contributed by atoms with Crippen LogP contribution in [0.1, 0.15) is 50.7 Å². The summed E-state index contributed by atoms with van der Waals surface area (Å²) in [7, 11) is 0. The van der Waals surface area contributed by atoms with Gasteiger partial charge in [-0.25, -0.2) is 4.68 Å². The average molecular weight is 315 g/mol. The van der Waals surface area contributed by atoms with E-state index in [4.69, 9.17) is 4.74 Å². The molecule has 1 heterocycles. The second kappa shape index (κ2) is 6.86. The van der Waals surface area contributed by atoms with Gasteiger partial charge < -0.3 is 10.1 Å². The van der Waals surface area contributed by atoms with Gasteiger partial charge in [0.05, 0.1) is 0 Å². The van der Waals surface area contributed by atoms with Crippen LogP contribution in [0.4, 0.5) is 0 Å². The molecule has 0 bridgehead atoms. The lowest BCUT2D eigenvalue weighted by Crippen LogP contribution is -2.30. The van der Waals surface area contributed by atoms with Crippen LogP contribution in [-0.4, -0.2) is 21.7 Å². The zero-order valence-corrected chi connectivity index (χ0v) is 14.5. The van der Waals surface area contributed by atoms with Crippen molar-refractivity contribution in [1.82, 2.24) is 15.1 Å². The lowest BCUT2D eigenvalue weighted by atomic mass is 9.87. The second-order valence-electron chi connectivity index (χ2n) is 6.92. The van der Waals surface area contributed by atoms with E-state index < -0.39 is 0 Å². The molecule has 0 aliphatic carbocycles. The molecule has 0 saturated heterocycles. The number of ether oxygens (including phenoxy) is 1. The van der Waals surface area contributed by atoms with Crippen molar-refractivity contribution >= 4 is 5.91 Å². The van der Waals surface area contributed by atoms with Gasteiger partial charge in [-0.05, 0) is 43.0 Å². The molecular weight excluding hydrogens is 290 g/mol. The lowest BCUT2D eigenvalue weighted by molar-refractivity contribution is 0.0936. The van der Waals surface area contributed by atoms with Crippen LogP contribution in [0, 0.1) is 0 Å². The highest BCUT2D eigenvalue weighted by molar-refractivity contribution is 5.92. The molecule has 5 heteroatoms. The van der Waals surface area contributed by atoms with Gasteiger partial charge in [0.1, 0.15) is 11.4 Å². The van der Waals surface area contributed by atoms with Crippen molar-refractivity contribution in [1.29, 1.82) is 0 Å². The Morgan fingerprint density at radius 3 is 2.43 bits per heavy atom. The number of carbonyl (C=O) groups excluding carboxylic acids is 1. The maximum Gasteiger partial charge on any atom is 0.271 e. The van der Waals surface area contributed by atoms with Crippen LogP contribution in [-0.2, 0) is 12.1 Å². The largest absolute Gasteiger partial charge is 0.471 e. The lowest BCUT2D eigenvalue weighted by Gasteiger charge is -2.19. The van der Waals surface area contributed by atoms with Crippen molar-refractivity contribution < 1.29 is 9.53 Å². The molecule has 0 aliphatic rings. The number of rotatable bonds is 5. The summed E-state index contributed by atoms with van der Waals surface area (Å²) in [6.45, 7) is 10.6. The molecule has 1 aromatic carbocycles. The molecule has 1 amide bonds. The summed E-state index contributed by atoms with van der Waals surface area (Å²) in [4.78, 5) is 11.8. The minimum Gasteiger partial charge on any atom is -0.471 e. The van der Waals surface area contributed by atoms with Gasteiger partial charge in [-0.3, -0.25) is 4.79 Å². The van der Waals surface area contributed by atoms with Gasteiger partial charge in [-0.2, -0.15) is 5.10 Å². The Morgan fingerprint density at radius 2 is 1.87 bits per heavy atom. The maximum absolute atomic E-state index is 11.8. The number of carbonyl (C=O) groups is 1. The van der Waals surface area contributed by atoms with E-state index in [0.29, 0.717) is 5.69 Å². The number of amides is 1. The van der Waals surface area contributed by atoms with Gasteiger partial charge in [-0.15, -0.1) is 0 Å². The molecule has 2 aromatic rings. The molecule has 0 aliphatic heterocycles. The van der Waals surface area contributed by atoms with E-state index in [0.717, 1.165) is 5.75 Å². The van der Waals surface area contributed by atoms with Crippen molar-refractivity contribution in [3.8, 4) is 5.75 Å². The van der Waals surface area contributed by atoms with Crippen molar-refractivity contribution in [2.45, 2.75) is 52.8 Å². The first-order valence-electron chi connectivity index (χ1n) is 7.83. The van der Waals surface area contributed by atoms with Crippen LogP contribution in [0.3, 0.4) is 0 Å². The fraction of sp³-hybridized carbons (Fsp3) is 0.444. The molecule has 124 valence electrons. The van der Waals surface area contributed by atoms with Gasteiger partial charge in [0.15, 0.2) is 6.73 Å². The number of benzene rings is 1. The molecule has 5 nitrogen and oxygen atoms in total. The first kappa shape index (κ1) is 17.1. The molecular formula is C18H25N3O2. The van der Waals surface area contributed by atoms with Crippen LogP contribution in [0.2, 0.25) is 0 Å². The number of hydrogen-bond donors (Lipinski definition) is 1. The van der Waals surface area contributed by atoms with E-state index >= 15 is 0 Å². The molecule has 0 unspecified atom stereocenters. The molecule has 0 saturated carbocycles. The van der Waals surface area contributed by atoms with E-state index in [1.807, 2.05) is 26.0 Å². The second-order valence-corrected chi connectivity index (χ2v) is 6.92. The van der Waals surface area contributed by atoms with Crippen molar-refractivity contribution in [3.05, 3.63) is 47.8 Å². The predicted octanol–water partition coefficient (Wildman–Crippen LogP) is 3.36. The van der Waals surface area contributed by atoms with Gasteiger partial charge in [0.2, 0.25) is 0 Å². The normalized spacial score (nSPS) is 11.6. The summed E-state index contributed by atoms with van der Waals surface area (Å²) in [5, 5.41) is 7.03. The number of aromatic nitrogens is 2.